The number of hydrogen-bond acceptors (Lipinski definition) is 5. The highest BCUT2D eigenvalue weighted by Gasteiger charge is 2.29. The maximum absolute atomic E-state index is 13.9. The van der Waals surface area contributed by atoms with Crippen LogP contribution < -0.4 is 5.32 Å². The number of benzene rings is 1. The molecule has 6 nitrogen and oxygen atoms in total. The van der Waals surface area contributed by atoms with Gasteiger partial charge in [0.1, 0.15) is 5.60 Å². The Morgan fingerprint density at radius 3 is 2.39 bits per heavy atom. The Balaban J connectivity index is 1.44. The number of halogens is 3. The highest BCUT2D eigenvalue weighted by atomic mass is 19.2. The molecule has 2 aromatic heterocycles. The van der Waals surface area contributed by atoms with Crippen molar-refractivity contribution in [3.05, 3.63) is 94.8 Å². The molecule has 1 aliphatic heterocycles. The summed E-state index contributed by atoms with van der Waals surface area (Å²) >= 11 is 0. The van der Waals surface area contributed by atoms with Crippen molar-refractivity contribution in [3.8, 4) is 0 Å². The first-order valence-corrected chi connectivity index (χ1v) is 11.9. The van der Waals surface area contributed by atoms with Gasteiger partial charge >= 0.3 is 0 Å². The van der Waals surface area contributed by atoms with E-state index >= 15 is 0 Å². The summed E-state index contributed by atoms with van der Waals surface area (Å²) in [6.07, 6.45) is 5.20. The van der Waals surface area contributed by atoms with Gasteiger partial charge in [-0.15, -0.1) is 0 Å². The molecule has 3 aromatic rings. The number of carbonyl (C=O) groups excluding carboxylic acids is 1. The molecule has 9 heteroatoms. The van der Waals surface area contributed by atoms with Gasteiger partial charge in [0, 0.05) is 18.9 Å². The first-order chi connectivity index (χ1) is 17.1. The number of pyridine rings is 2. The van der Waals surface area contributed by atoms with Crippen molar-refractivity contribution in [1.82, 2.24) is 20.2 Å². The molecular formula is C27H29F3N4O2. The number of nitrogens with zero attached hydrogens (tertiary/aromatic N) is 3. The van der Waals surface area contributed by atoms with Crippen LogP contribution in [0.2, 0.25) is 0 Å². The Labute approximate surface area is 208 Å². The molecule has 1 amide bonds. The molecule has 1 aliphatic rings. The predicted molar refractivity (Wildman–Crippen MR) is 128 cm³/mol. The Bertz CT molecular complexity index is 1190. The third-order valence-electron chi connectivity index (χ3n) is 6.47. The highest BCUT2D eigenvalue weighted by molar-refractivity contribution is 5.84. The van der Waals surface area contributed by atoms with E-state index in [2.05, 4.69) is 20.2 Å². The van der Waals surface area contributed by atoms with Crippen LogP contribution in [-0.4, -0.2) is 44.6 Å². The topological polar surface area (TPSA) is 78.4 Å². The van der Waals surface area contributed by atoms with Gasteiger partial charge in [-0.1, -0.05) is 18.2 Å². The smallest absolute Gasteiger partial charge is 0.252 e. The Kier molecular flexibility index (Phi) is 7.70. The van der Waals surface area contributed by atoms with Crippen molar-refractivity contribution in [2.24, 2.45) is 0 Å². The molecule has 0 radical (unpaired) electrons. The monoisotopic (exact) mass is 498 g/mol. The average molecular weight is 499 g/mol. The van der Waals surface area contributed by atoms with Crippen LogP contribution in [0.1, 0.15) is 61.0 Å². The van der Waals surface area contributed by atoms with Gasteiger partial charge in [0.05, 0.1) is 11.7 Å². The van der Waals surface area contributed by atoms with Crippen LogP contribution in [-0.2, 0) is 11.3 Å². The lowest BCUT2D eigenvalue weighted by atomic mass is 9.90. The minimum absolute atomic E-state index is 0.309. The fourth-order valence-electron chi connectivity index (χ4n) is 4.34. The number of aromatic nitrogens is 2. The number of likely N-dealkylation sites (tertiary alicyclic amines) is 1. The number of rotatable bonds is 7. The van der Waals surface area contributed by atoms with Gasteiger partial charge in [0.25, 0.3) is 5.91 Å². The largest absolute Gasteiger partial charge is 0.381 e. The second kappa shape index (κ2) is 10.8. The van der Waals surface area contributed by atoms with E-state index in [-0.39, 0.29) is 0 Å². The van der Waals surface area contributed by atoms with Crippen LogP contribution in [0.5, 0.6) is 0 Å². The number of amides is 1. The molecule has 0 bridgehead atoms. The summed E-state index contributed by atoms with van der Waals surface area (Å²) < 4.78 is 40.5. The minimum Gasteiger partial charge on any atom is -0.381 e. The number of nitrogens with one attached hydrogen (secondary N) is 1. The summed E-state index contributed by atoms with van der Waals surface area (Å²) in [4.78, 5) is 23.0. The van der Waals surface area contributed by atoms with Gasteiger partial charge in [-0.2, -0.15) is 4.39 Å². The van der Waals surface area contributed by atoms with Crippen LogP contribution in [0, 0.1) is 17.6 Å². The first-order valence-electron chi connectivity index (χ1n) is 11.9. The summed E-state index contributed by atoms with van der Waals surface area (Å²) in [5, 5.41) is 12.7. The second-order valence-corrected chi connectivity index (χ2v) is 9.70. The van der Waals surface area contributed by atoms with Gasteiger partial charge in [-0.25, -0.2) is 13.8 Å². The SMILES string of the molecule is CC(C)(O)C(=O)NC(c1ccc(F)c(F)c1)c1ccc(CN2CCC(c3ccc(F)nc3)CC2)cn1. The van der Waals surface area contributed by atoms with Crippen molar-refractivity contribution in [2.75, 3.05) is 13.1 Å². The average Bonchev–Trinajstić information content (AvgIpc) is 2.85. The maximum Gasteiger partial charge on any atom is 0.252 e. The molecular weight excluding hydrogens is 469 g/mol. The molecule has 2 N–H and O–H groups in total. The lowest BCUT2D eigenvalue weighted by Gasteiger charge is -2.32. The van der Waals surface area contributed by atoms with E-state index in [1.54, 1.807) is 24.5 Å². The molecule has 4 rings (SSSR count). The molecule has 1 saturated heterocycles. The predicted octanol–water partition coefficient (Wildman–Crippen LogP) is 4.25. The molecule has 190 valence electrons. The fraction of sp³-hybridized carbons (Fsp3) is 0.370. The van der Waals surface area contributed by atoms with E-state index in [0.717, 1.165) is 49.2 Å². The molecule has 1 atom stereocenters. The quantitative estimate of drug-likeness (QED) is 0.477. The third kappa shape index (κ3) is 6.27. The van der Waals surface area contributed by atoms with Crippen molar-refractivity contribution in [2.45, 2.75) is 50.8 Å². The Hall–Kier alpha value is -3.30. The lowest BCUT2D eigenvalue weighted by Crippen LogP contribution is -2.44. The van der Waals surface area contributed by atoms with E-state index in [1.807, 2.05) is 6.07 Å². The maximum atomic E-state index is 13.9. The first kappa shape index (κ1) is 25.8. The second-order valence-electron chi connectivity index (χ2n) is 9.70. The van der Waals surface area contributed by atoms with Crippen molar-refractivity contribution < 1.29 is 23.1 Å². The fourth-order valence-corrected chi connectivity index (χ4v) is 4.34. The van der Waals surface area contributed by atoms with Crippen molar-refractivity contribution >= 4 is 5.91 Å². The Morgan fingerprint density at radius 2 is 1.81 bits per heavy atom. The molecule has 0 saturated carbocycles. The van der Waals surface area contributed by atoms with E-state index in [0.29, 0.717) is 23.7 Å². The van der Waals surface area contributed by atoms with Gasteiger partial charge in [0.15, 0.2) is 11.6 Å². The number of carbonyl (C=O) groups is 1. The van der Waals surface area contributed by atoms with Crippen molar-refractivity contribution in [3.63, 3.8) is 0 Å². The zero-order valence-electron chi connectivity index (χ0n) is 20.2. The summed E-state index contributed by atoms with van der Waals surface area (Å²) in [6.45, 7) is 5.13. The van der Waals surface area contributed by atoms with Gasteiger partial charge in [-0.3, -0.25) is 14.7 Å². The summed E-state index contributed by atoms with van der Waals surface area (Å²) in [5.74, 6) is -2.81. The van der Waals surface area contributed by atoms with Crippen LogP contribution >= 0.6 is 0 Å². The summed E-state index contributed by atoms with van der Waals surface area (Å²) in [5.41, 5.74) is 1.11. The molecule has 36 heavy (non-hydrogen) atoms. The molecule has 0 aliphatic carbocycles. The molecule has 3 heterocycles. The standard InChI is InChI=1S/C27H29F3N4O2/c1-27(2,36)26(35)33-25(19-4-6-21(28)22(29)13-19)23-7-3-17(14-31-23)16-34-11-9-18(10-12-34)20-5-8-24(30)32-15-20/h3-8,13-15,18,25,36H,9-12,16H2,1-2H3,(H,33,35). The molecule has 1 aromatic carbocycles. The summed E-state index contributed by atoms with van der Waals surface area (Å²) in [7, 11) is 0. The van der Waals surface area contributed by atoms with E-state index in [4.69, 9.17) is 0 Å². The zero-order chi connectivity index (χ0) is 25.9. The molecule has 0 spiro atoms. The zero-order valence-corrected chi connectivity index (χ0v) is 20.2. The van der Waals surface area contributed by atoms with E-state index in [1.165, 1.54) is 26.0 Å². The van der Waals surface area contributed by atoms with E-state index < -0.39 is 35.1 Å². The number of aliphatic hydroxyl groups is 1. The molecule has 1 fully saturated rings. The Morgan fingerprint density at radius 1 is 1.06 bits per heavy atom. The number of piperidine rings is 1. The van der Waals surface area contributed by atoms with Crippen LogP contribution in [0.25, 0.3) is 0 Å². The van der Waals surface area contributed by atoms with E-state index in [9.17, 15) is 23.1 Å². The lowest BCUT2D eigenvalue weighted by molar-refractivity contribution is -0.137. The van der Waals surface area contributed by atoms with Crippen LogP contribution in [0.15, 0.2) is 54.9 Å². The van der Waals surface area contributed by atoms with Gasteiger partial charge in [0.2, 0.25) is 5.95 Å². The van der Waals surface area contributed by atoms with Gasteiger partial charge in [-0.05, 0) is 86.7 Å². The highest BCUT2D eigenvalue weighted by Crippen LogP contribution is 2.29. The van der Waals surface area contributed by atoms with Crippen LogP contribution in [0.4, 0.5) is 13.2 Å². The molecule has 1 unspecified atom stereocenters. The van der Waals surface area contributed by atoms with Crippen molar-refractivity contribution in [1.29, 1.82) is 0 Å². The third-order valence-corrected chi connectivity index (χ3v) is 6.47. The van der Waals surface area contributed by atoms with Crippen LogP contribution in [0.3, 0.4) is 0 Å². The number of hydrogen-bond donors (Lipinski definition) is 2. The summed E-state index contributed by atoms with van der Waals surface area (Å²) in [6, 6.07) is 9.34. The minimum atomic E-state index is -1.66. The van der Waals surface area contributed by atoms with Gasteiger partial charge < -0.3 is 10.4 Å². The normalized spacial score (nSPS) is 16.1.